The van der Waals surface area contributed by atoms with Crippen molar-refractivity contribution in [3.63, 3.8) is 0 Å². The molecule has 11 heteroatoms. The van der Waals surface area contributed by atoms with Crippen LogP contribution in [-0.2, 0) is 11.2 Å². The van der Waals surface area contributed by atoms with Gasteiger partial charge in [-0.2, -0.15) is 0 Å². The number of nitrogens with zero attached hydrogens (tertiary/aromatic N) is 2. The van der Waals surface area contributed by atoms with E-state index in [4.69, 9.17) is 4.74 Å². The van der Waals surface area contributed by atoms with Gasteiger partial charge >= 0.3 is 5.97 Å². The Morgan fingerprint density at radius 3 is 2.40 bits per heavy atom. The van der Waals surface area contributed by atoms with Gasteiger partial charge in [0.2, 0.25) is 0 Å². The lowest BCUT2D eigenvalue weighted by atomic mass is 9.86. The minimum absolute atomic E-state index is 0.119. The lowest BCUT2D eigenvalue weighted by Gasteiger charge is -2.19. The number of rotatable bonds is 6. The summed E-state index contributed by atoms with van der Waals surface area (Å²) in [6.45, 7) is 3.85. The SMILES string of the molecule is CCOC(=O)c1c(NC(=O)c2cc([N+](=O)[O-])cc([N+](=O)[O-])c2)sc2c1C(C)CCC2. The molecule has 10 nitrogen and oxygen atoms in total. The molecule has 0 aliphatic heterocycles. The molecule has 1 aliphatic carbocycles. The Hall–Kier alpha value is -3.34. The minimum atomic E-state index is -0.806. The second kappa shape index (κ2) is 8.57. The minimum Gasteiger partial charge on any atom is -0.462 e. The largest absolute Gasteiger partial charge is 0.462 e. The molecule has 0 bridgehead atoms. The van der Waals surface area contributed by atoms with E-state index in [1.54, 1.807) is 6.92 Å². The van der Waals surface area contributed by atoms with Gasteiger partial charge in [0.15, 0.2) is 0 Å². The van der Waals surface area contributed by atoms with Gasteiger partial charge in [0.05, 0.1) is 33.6 Å². The number of carbonyl (C=O) groups is 2. The lowest BCUT2D eigenvalue weighted by Crippen LogP contribution is -2.17. The van der Waals surface area contributed by atoms with E-state index in [1.165, 1.54) is 11.3 Å². The van der Waals surface area contributed by atoms with Crippen molar-refractivity contribution in [1.82, 2.24) is 0 Å². The van der Waals surface area contributed by atoms with Gasteiger partial charge in [-0.1, -0.05) is 6.92 Å². The number of carbonyl (C=O) groups excluding carboxylic acids is 2. The van der Waals surface area contributed by atoms with Crippen molar-refractivity contribution < 1.29 is 24.2 Å². The van der Waals surface area contributed by atoms with Crippen LogP contribution in [0.5, 0.6) is 0 Å². The Balaban J connectivity index is 2.02. The molecule has 1 unspecified atom stereocenters. The summed E-state index contributed by atoms with van der Waals surface area (Å²) >= 11 is 1.26. The number of non-ortho nitro benzene ring substituents is 2. The standard InChI is InChI=1S/C19H19N3O7S/c1-3-29-19(24)16-15-10(2)5-4-6-14(15)30-18(16)20-17(23)11-7-12(21(25)26)9-13(8-11)22(27)28/h7-10H,3-6H2,1-2H3,(H,20,23). The molecule has 1 atom stereocenters. The van der Waals surface area contributed by atoms with E-state index in [9.17, 15) is 29.8 Å². The molecule has 1 N–H and O–H groups in total. The van der Waals surface area contributed by atoms with Gasteiger partial charge < -0.3 is 10.1 Å². The van der Waals surface area contributed by atoms with Gasteiger partial charge in [-0.25, -0.2) is 4.79 Å². The van der Waals surface area contributed by atoms with Crippen molar-refractivity contribution in [3.05, 3.63) is 60.0 Å². The molecule has 0 saturated carbocycles. The van der Waals surface area contributed by atoms with Crippen LogP contribution in [-0.4, -0.2) is 28.3 Å². The normalized spacial score (nSPS) is 15.2. The number of aryl methyl sites for hydroxylation is 1. The number of esters is 1. The van der Waals surface area contributed by atoms with Crippen molar-refractivity contribution in [2.75, 3.05) is 11.9 Å². The van der Waals surface area contributed by atoms with E-state index in [2.05, 4.69) is 5.32 Å². The maximum absolute atomic E-state index is 12.8. The second-order valence-electron chi connectivity index (χ2n) is 6.86. The molecular formula is C19H19N3O7S. The molecule has 1 heterocycles. The first-order valence-electron chi connectivity index (χ1n) is 9.30. The predicted molar refractivity (Wildman–Crippen MR) is 109 cm³/mol. The molecule has 158 valence electrons. The average Bonchev–Trinajstić information content (AvgIpc) is 3.07. The molecule has 0 radical (unpaired) electrons. The molecule has 1 aromatic carbocycles. The van der Waals surface area contributed by atoms with Crippen molar-refractivity contribution >= 4 is 39.6 Å². The Kier molecular flexibility index (Phi) is 6.11. The summed E-state index contributed by atoms with van der Waals surface area (Å²) in [5.74, 6) is -1.21. The maximum atomic E-state index is 12.8. The van der Waals surface area contributed by atoms with E-state index < -0.39 is 33.1 Å². The fourth-order valence-corrected chi connectivity index (χ4v) is 4.86. The number of nitro benzene ring substituents is 2. The van der Waals surface area contributed by atoms with Gasteiger partial charge in [0.1, 0.15) is 5.00 Å². The number of benzene rings is 1. The molecular weight excluding hydrogens is 414 g/mol. The fraction of sp³-hybridized carbons (Fsp3) is 0.368. The van der Waals surface area contributed by atoms with Crippen molar-refractivity contribution in [1.29, 1.82) is 0 Å². The molecule has 0 saturated heterocycles. The molecule has 1 aliphatic rings. The van der Waals surface area contributed by atoms with E-state index in [0.29, 0.717) is 0 Å². The highest BCUT2D eigenvalue weighted by Gasteiger charge is 2.31. The summed E-state index contributed by atoms with van der Waals surface area (Å²) in [5.41, 5.74) is -0.245. The van der Waals surface area contributed by atoms with Crippen LogP contribution < -0.4 is 5.32 Å². The number of hydrogen-bond donors (Lipinski definition) is 1. The van der Waals surface area contributed by atoms with Crippen LogP contribution in [0.4, 0.5) is 16.4 Å². The number of nitrogens with one attached hydrogen (secondary N) is 1. The van der Waals surface area contributed by atoms with Gasteiger partial charge in [0, 0.05) is 17.0 Å². The van der Waals surface area contributed by atoms with Crippen LogP contribution in [0.3, 0.4) is 0 Å². The van der Waals surface area contributed by atoms with Crippen molar-refractivity contribution in [2.24, 2.45) is 0 Å². The van der Waals surface area contributed by atoms with Crippen LogP contribution in [0.2, 0.25) is 0 Å². The summed E-state index contributed by atoms with van der Waals surface area (Å²) in [6.07, 6.45) is 2.64. The quantitative estimate of drug-likeness (QED) is 0.403. The number of fused-ring (bicyclic) bond motifs is 1. The number of amides is 1. The monoisotopic (exact) mass is 433 g/mol. The van der Waals surface area contributed by atoms with Crippen molar-refractivity contribution in [2.45, 2.75) is 39.0 Å². The van der Waals surface area contributed by atoms with Crippen LogP contribution >= 0.6 is 11.3 Å². The van der Waals surface area contributed by atoms with Gasteiger partial charge in [-0.3, -0.25) is 25.0 Å². The zero-order chi connectivity index (χ0) is 22.0. The highest BCUT2D eigenvalue weighted by Crippen LogP contribution is 2.44. The van der Waals surface area contributed by atoms with Crippen LogP contribution in [0, 0.1) is 20.2 Å². The third-order valence-electron chi connectivity index (χ3n) is 4.85. The van der Waals surface area contributed by atoms with E-state index in [-0.39, 0.29) is 28.7 Å². The Morgan fingerprint density at radius 2 is 1.83 bits per heavy atom. The highest BCUT2D eigenvalue weighted by molar-refractivity contribution is 7.17. The molecule has 30 heavy (non-hydrogen) atoms. The van der Waals surface area contributed by atoms with Crippen molar-refractivity contribution in [3.8, 4) is 0 Å². The highest BCUT2D eigenvalue weighted by atomic mass is 32.1. The predicted octanol–water partition coefficient (Wildman–Crippen LogP) is 4.43. The number of hydrogen-bond acceptors (Lipinski definition) is 8. The first-order valence-corrected chi connectivity index (χ1v) is 10.1. The van der Waals surface area contributed by atoms with E-state index in [1.807, 2.05) is 6.92 Å². The molecule has 2 aromatic rings. The van der Waals surface area contributed by atoms with E-state index in [0.717, 1.165) is 47.9 Å². The first kappa shape index (κ1) is 21.4. The zero-order valence-corrected chi connectivity index (χ0v) is 17.1. The Morgan fingerprint density at radius 1 is 1.20 bits per heavy atom. The third kappa shape index (κ3) is 4.15. The first-order chi connectivity index (χ1) is 14.2. The van der Waals surface area contributed by atoms with Gasteiger partial charge in [-0.05, 0) is 37.7 Å². The van der Waals surface area contributed by atoms with Gasteiger partial charge in [-0.15, -0.1) is 11.3 Å². The fourth-order valence-electron chi connectivity index (χ4n) is 3.52. The maximum Gasteiger partial charge on any atom is 0.341 e. The number of thiophene rings is 1. The lowest BCUT2D eigenvalue weighted by molar-refractivity contribution is -0.394. The molecule has 0 fully saturated rings. The Bertz CT molecular complexity index is 1010. The summed E-state index contributed by atoms with van der Waals surface area (Å²) in [5, 5.41) is 25.1. The molecule has 0 spiro atoms. The second-order valence-corrected chi connectivity index (χ2v) is 7.97. The van der Waals surface area contributed by atoms with Crippen LogP contribution in [0.15, 0.2) is 18.2 Å². The number of anilines is 1. The summed E-state index contributed by atoms with van der Waals surface area (Å²) in [7, 11) is 0. The van der Waals surface area contributed by atoms with Crippen LogP contribution in [0.25, 0.3) is 0 Å². The summed E-state index contributed by atoms with van der Waals surface area (Å²) < 4.78 is 5.17. The molecule has 3 rings (SSSR count). The van der Waals surface area contributed by atoms with Crippen LogP contribution in [0.1, 0.15) is 63.8 Å². The summed E-state index contributed by atoms with van der Waals surface area (Å²) in [6, 6.07) is 2.71. The van der Waals surface area contributed by atoms with Gasteiger partial charge in [0.25, 0.3) is 17.3 Å². The average molecular weight is 433 g/mol. The number of ether oxygens (including phenoxy) is 1. The third-order valence-corrected chi connectivity index (χ3v) is 6.03. The molecule has 1 amide bonds. The Labute approximate surface area is 175 Å². The zero-order valence-electron chi connectivity index (χ0n) is 16.3. The smallest absolute Gasteiger partial charge is 0.341 e. The topological polar surface area (TPSA) is 142 Å². The number of nitro groups is 2. The van der Waals surface area contributed by atoms with E-state index >= 15 is 0 Å². The summed E-state index contributed by atoms with van der Waals surface area (Å²) in [4.78, 5) is 46.9. The molecule has 1 aromatic heterocycles.